The van der Waals surface area contributed by atoms with E-state index in [1.807, 2.05) is 67.5 Å². The summed E-state index contributed by atoms with van der Waals surface area (Å²) in [5.74, 6) is -0.736. The van der Waals surface area contributed by atoms with Gasteiger partial charge in [-0.3, -0.25) is 0 Å². The quantitative estimate of drug-likeness (QED) is 0.0864. The second kappa shape index (κ2) is 26.8. The number of hydrogen-bond acceptors (Lipinski definition) is 12. The lowest BCUT2D eigenvalue weighted by molar-refractivity contribution is -0.110. The van der Waals surface area contributed by atoms with Crippen molar-refractivity contribution < 1.29 is 57.0 Å². The smallest absolute Gasteiger partial charge is 0.338 e. The molecule has 2 aromatic carbocycles. The van der Waals surface area contributed by atoms with Crippen molar-refractivity contribution in [2.45, 2.75) is 117 Å². The fourth-order valence-corrected chi connectivity index (χ4v) is 4.49. The number of carbonyl (C=O) groups is 2. The van der Waals surface area contributed by atoms with Crippen molar-refractivity contribution in [3.8, 4) is 0 Å². The van der Waals surface area contributed by atoms with Crippen molar-refractivity contribution in [2.24, 2.45) is 0 Å². The molecule has 0 aliphatic rings. The molecule has 0 spiro atoms. The van der Waals surface area contributed by atoms with Gasteiger partial charge < -0.3 is 47.4 Å². The molecule has 0 aromatic heterocycles. The van der Waals surface area contributed by atoms with E-state index in [9.17, 15) is 9.59 Å². The van der Waals surface area contributed by atoms with Crippen molar-refractivity contribution in [1.29, 1.82) is 0 Å². The summed E-state index contributed by atoms with van der Waals surface area (Å²) in [6, 6.07) is 17.8. The molecular formula is C41H64O12. The Morgan fingerprint density at radius 2 is 0.604 bits per heavy atom. The van der Waals surface area contributed by atoms with E-state index in [0.29, 0.717) is 57.4 Å². The van der Waals surface area contributed by atoms with E-state index >= 15 is 0 Å². The van der Waals surface area contributed by atoms with E-state index in [1.54, 1.807) is 55.5 Å². The largest absolute Gasteiger partial charge is 0.459 e. The summed E-state index contributed by atoms with van der Waals surface area (Å²) < 4.78 is 57.8. The summed E-state index contributed by atoms with van der Waals surface area (Å²) in [6.07, 6.45) is -1.55. The van der Waals surface area contributed by atoms with Crippen molar-refractivity contribution in [2.75, 3.05) is 59.5 Å². The molecule has 53 heavy (non-hydrogen) atoms. The molecule has 2 rings (SSSR count). The molecule has 0 radical (unpaired) electrons. The third-order valence-corrected chi connectivity index (χ3v) is 7.70. The highest BCUT2D eigenvalue weighted by Gasteiger charge is 2.17. The van der Waals surface area contributed by atoms with Crippen LogP contribution in [0.3, 0.4) is 0 Å². The van der Waals surface area contributed by atoms with Crippen LogP contribution in [0.15, 0.2) is 60.7 Å². The third kappa shape index (κ3) is 22.1. The van der Waals surface area contributed by atoms with E-state index in [2.05, 4.69) is 0 Å². The Hall–Kier alpha value is -2.94. The van der Waals surface area contributed by atoms with Crippen LogP contribution in [0.4, 0.5) is 0 Å². The molecule has 9 unspecified atom stereocenters. The minimum absolute atomic E-state index is 0.115. The fourth-order valence-electron chi connectivity index (χ4n) is 4.49. The second-order valence-corrected chi connectivity index (χ2v) is 13.7. The van der Waals surface area contributed by atoms with Gasteiger partial charge in [0.2, 0.25) is 0 Å². The number of hydrogen-bond donors (Lipinski definition) is 0. The Kier molecular flexibility index (Phi) is 23.3. The molecule has 0 N–H and O–H groups in total. The predicted octanol–water partition coefficient (Wildman–Crippen LogP) is 6.33. The molecule has 12 nitrogen and oxygen atoms in total. The molecule has 9 atom stereocenters. The van der Waals surface area contributed by atoms with Crippen LogP contribution >= 0.6 is 0 Å². The Morgan fingerprint density at radius 3 is 0.906 bits per heavy atom. The zero-order valence-corrected chi connectivity index (χ0v) is 33.2. The molecule has 0 bridgehead atoms. The standard InChI is InChI=1S/C41H64O12/c1-29(45-22-31(3)47-24-33(5)49-26-35(7)51-28-37(9)53-41(43)39-18-14-11-15-19-39)20-44-30(2)21-46-32(4)23-48-34(6)25-50-36(8)27-52-40(42)38-16-12-10-13-17-38/h10-19,29-37H,20-28H2,1-9H3. The van der Waals surface area contributed by atoms with E-state index in [-0.39, 0.29) is 80.1 Å². The Balaban J connectivity index is 1.45. The number of esters is 2. The van der Waals surface area contributed by atoms with Gasteiger partial charge in [-0.1, -0.05) is 36.4 Å². The van der Waals surface area contributed by atoms with Gasteiger partial charge in [0.25, 0.3) is 0 Å². The first-order chi connectivity index (χ1) is 25.3. The van der Waals surface area contributed by atoms with Gasteiger partial charge in [0.1, 0.15) is 12.7 Å². The summed E-state index contributed by atoms with van der Waals surface area (Å²) in [5, 5.41) is 0. The maximum Gasteiger partial charge on any atom is 0.338 e. The van der Waals surface area contributed by atoms with Crippen LogP contribution in [-0.4, -0.2) is 126 Å². The minimum Gasteiger partial charge on any atom is -0.459 e. The molecule has 0 heterocycles. The molecule has 2 aromatic rings. The summed E-state index contributed by atoms with van der Waals surface area (Å²) in [6.45, 7) is 20.6. The van der Waals surface area contributed by atoms with Gasteiger partial charge in [0.05, 0.1) is 113 Å². The van der Waals surface area contributed by atoms with Crippen LogP contribution in [0.25, 0.3) is 0 Å². The predicted molar refractivity (Wildman–Crippen MR) is 201 cm³/mol. The monoisotopic (exact) mass is 748 g/mol. The van der Waals surface area contributed by atoms with E-state index in [4.69, 9.17) is 47.4 Å². The Bertz CT molecular complexity index is 1230. The molecular weight excluding hydrogens is 684 g/mol. The van der Waals surface area contributed by atoms with Crippen molar-refractivity contribution in [3.63, 3.8) is 0 Å². The minimum atomic E-state index is -0.380. The second-order valence-electron chi connectivity index (χ2n) is 13.7. The zero-order valence-electron chi connectivity index (χ0n) is 33.2. The lowest BCUT2D eigenvalue weighted by Gasteiger charge is -2.23. The van der Waals surface area contributed by atoms with E-state index in [1.165, 1.54) is 0 Å². The first-order valence-electron chi connectivity index (χ1n) is 18.7. The van der Waals surface area contributed by atoms with E-state index in [0.717, 1.165) is 0 Å². The number of benzene rings is 2. The SMILES string of the molecule is CC(COC(=O)c1ccccc1)OCC(C)OCC(C)OCC(C)OCC(C)OCC(C)OCC(C)OCC(C)OCC(C)OC(=O)c1ccccc1. The Morgan fingerprint density at radius 1 is 0.358 bits per heavy atom. The molecule has 0 aliphatic heterocycles. The van der Waals surface area contributed by atoms with Gasteiger partial charge in [0, 0.05) is 0 Å². The number of rotatable bonds is 29. The van der Waals surface area contributed by atoms with Crippen LogP contribution < -0.4 is 0 Å². The lowest BCUT2D eigenvalue weighted by atomic mass is 10.2. The summed E-state index contributed by atoms with van der Waals surface area (Å²) in [7, 11) is 0. The molecule has 0 saturated heterocycles. The maximum atomic E-state index is 12.2. The highest BCUT2D eigenvalue weighted by Crippen LogP contribution is 2.08. The van der Waals surface area contributed by atoms with Gasteiger partial charge in [-0.25, -0.2) is 9.59 Å². The maximum absolute atomic E-state index is 12.2. The van der Waals surface area contributed by atoms with Crippen LogP contribution in [0.5, 0.6) is 0 Å². The third-order valence-electron chi connectivity index (χ3n) is 7.70. The van der Waals surface area contributed by atoms with Crippen LogP contribution in [0.2, 0.25) is 0 Å². The normalized spacial score (nSPS) is 16.8. The van der Waals surface area contributed by atoms with Crippen LogP contribution in [0.1, 0.15) is 83.0 Å². The average Bonchev–Trinajstić information content (AvgIpc) is 3.16. The van der Waals surface area contributed by atoms with Gasteiger partial charge in [-0.2, -0.15) is 0 Å². The summed E-state index contributed by atoms with van der Waals surface area (Å²) in [5.41, 5.74) is 1.03. The topological polar surface area (TPSA) is 126 Å². The Labute approximate surface area is 317 Å². The van der Waals surface area contributed by atoms with Gasteiger partial charge in [-0.15, -0.1) is 0 Å². The molecule has 0 fully saturated rings. The lowest BCUT2D eigenvalue weighted by Crippen LogP contribution is -2.30. The molecule has 300 valence electrons. The molecule has 12 heteroatoms. The fraction of sp³-hybridized carbons (Fsp3) is 0.659. The number of ether oxygens (including phenoxy) is 10. The highest BCUT2D eigenvalue weighted by atomic mass is 16.6. The first kappa shape index (κ1) is 46.2. The molecule has 0 amide bonds. The highest BCUT2D eigenvalue weighted by molar-refractivity contribution is 5.89. The van der Waals surface area contributed by atoms with Gasteiger partial charge in [0.15, 0.2) is 0 Å². The van der Waals surface area contributed by atoms with Crippen molar-refractivity contribution in [1.82, 2.24) is 0 Å². The summed E-state index contributed by atoms with van der Waals surface area (Å²) >= 11 is 0. The van der Waals surface area contributed by atoms with Crippen LogP contribution in [-0.2, 0) is 47.4 Å². The van der Waals surface area contributed by atoms with E-state index < -0.39 is 0 Å². The zero-order chi connectivity index (χ0) is 39.0. The first-order valence-corrected chi connectivity index (χ1v) is 18.7. The molecule has 0 saturated carbocycles. The van der Waals surface area contributed by atoms with Crippen LogP contribution in [0, 0.1) is 0 Å². The van der Waals surface area contributed by atoms with Crippen molar-refractivity contribution >= 4 is 11.9 Å². The van der Waals surface area contributed by atoms with Crippen molar-refractivity contribution in [3.05, 3.63) is 71.8 Å². The number of carbonyl (C=O) groups excluding carboxylic acids is 2. The molecule has 0 aliphatic carbocycles. The van der Waals surface area contributed by atoms with Gasteiger partial charge >= 0.3 is 11.9 Å². The average molecular weight is 749 g/mol. The van der Waals surface area contributed by atoms with Gasteiger partial charge in [-0.05, 0) is 86.6 Å². The summed E-state index contributed by atoms with van der Waals surface area (Å²) in [4.78, 5) is 24.3.